The summed E-state index contributed by atoms with van der Waals surface area (Å²) in [6, 6.07) is 11.6. The lowest BCUT2D eigenvalue weighted by atomic mass is 9.86. The van der Waals surface area contributed by atoms with Gasteiger partial charge in [-0.1, -0.05) is 64.1 Å². The number of H-pyrrole nitrogens is 1. The zero-order chi connectivity index (χ0) is 43.3. The van der Waals surface area contributed by atoms with Gasteiger partial charge in [-0.15, -0.1) is 0 Å². The highest BCUT2D eigenvalue weighted by Crippen LogP contribution is 2.56. The fraction of sp³-hybridized carbons (Fsp3) is 0.511. The van der Waals surface area contributed by atoms with Crippen molar-refractivity contribution in [1.29, 1.82) is 0 Å². The van der Waals surface area contributed by atoms with Gasteiger partial charge < -0.3 is 34.5 Å². The number of likely N-dealkylation sites (tertiary alicyclic amines) is 3. The summed E-state index contributed by atoms with van der Waals surface area (Å²) in [5.41, 5.74) is 9.22. The predicted octanol–water partition coefficient (Wildman–Crippen LogP) is 6.80. The molecule has 0 saturated carbocycles. The molecule has 5 aliphatic rings. The van der Waals surface area contributed by atoms with Crippen LogP contribution < -0.4 is 5.32 Å². The van der Waals surface area contributed by atoms with E-state index in [1.807, 2.05) is 56.9 Å². The van der Waals surface area contributed by atoms with Crippen LogP contribution in [0.4, 0.5) is 4.79 Å². The molecule has 6 atom stereocenters. The lowest BCUT2D eigenvalue weighted by Gasteiger charge is -2.30. The van der Waals surface area contributed by atoms with Gasteiger partial charge in [-0.05, 0) is 77.3 Å². The van der Waals surface area contributed by atoms with E-state index in [0.29, 0.717) is 25.3 Å². The average Bonchev–Trinajstić information content (AvgIpc) is 4.12. The fourth-order valence-corrected chi connectivity index (χ4v) is 10.3. The van der Waals surface area contributed by atoms with Gasteiger partial charge in [-0.3, -0.25) is 24.2 Å². The molecule has 2 unspecified atom stereocenters. The summed E-state index contributed by atoms with van der Waals surface area (Å²) in [4.78, 5) is 84.1. The molecule has 1 aromatic heterocycles. The second-order valence-electron chi connectivity index (χ2n) is 17.8. The Bertz CT molecular complexity index is 2290. The number of aromatic nitrogens is 2. The Morgan fingerprint density at radius 3 is 2.18 bits per heavy atom. The van der Waals surface area contributed by atoms with Crippen LogP contribution in [0.15, 0.2) is 53.8 Å². The molecule has 2 aromatic carbocycles. The first-order chi connectivity index (χ1) is 29.3. The number of rotatable bonds is 12. The van der Waals surface area contributed by atoms with Crippen LogP contribution in [0, 0.1) is 17.8 Å². The lowest BCUT2D eigenvalue weighted by Crippen LogP contribution is -2.51. The highest BCUT2D eigenvalue weighted by atomic mass is 16.5. The van der Waals surface area contributed by atoms with Gasteiger partial charge in [-0.2, -0.15) is 0 Å². The van der Waals surface area contributed by atoms with E-state index in [-0.39, 0.29) is 66.0 Å². The normalized spacial score (nSPS) is 22.8. The van der Waals surface area contributed by atoms with E-state index in [4.69, 9.17) is 19.5 Å². The molecule has 61 heavy (non-hydrogen) atoms. The summed E-state index contributed by atoms with van der Waals surface area (Å²) in [5, 5.41) is 2.71. The molecule has 322 valence electrons. The van der Waals surface area contributed by atoms with Crippen molar-refractivity contribution < 1.29 is 33.4 Å². The summed E-state index contributed by atoms with van der Waals surface area (Å²) >= 11 is 0. The zero-order valence-corrected chi connectivity index (χ0v) is 36.2. The predicted molar refractivity (Wildman–Crippen MR) is 230 cm³/mol. The molecule has 0 spiro atoms. The average molecular weight is 832 g/mol. The van der Waals surface area contributed by atoms with E-state index in [1.165, 1.54) is 14.2 Å². The molecule has 1 aliphatic carbocycles. The summed E-state index contributed by atoms with van der Waals surface area (Å²) in [7, 11) is 4.53. The van der Waals surface area contributed by atoms with E-state index in [9.17, 15) is 24.0 Å². The number of nitrogens with zero attached hydrogens (tertiary/aromatic N) is 5. The Balaban J connectivity index is 1.01. The van der Waals surface area contributed by atoms with E-state index in [0.717, 1.165) is 82.5 Å². The van der Waals surface area contributed by atoms with Gasteiger partial charge in [0.15, 0.2) is 0 Å². The molecular weight excluding hydrogens is 775 g/mol. The number of esters is 1. The monoisotopic (exact) mass is 831 g/mol. The number of alkyl carbamates (subject to hydrolysis) is 1. The number of carbonyl (C=O) groups excluding carboxylic acids is 5. The molecule has 2 bridgehead atoms. The largest absolute Gasteiger partial charge is 0.469 e. The molecule has 3 fully saturated rings. The maximum absolute atomic E-state index is 13.8. The number of ether oxygens (including phenoxy) is 2. The van der Waals surface area contributed by atoms with Crippen molar-refractivity contribution in [3.63, 3.8) is 0 Å². The standard InChI is InChI=1S/C47H57N7O7/c1-25(2)32(22-39(55)60-6)45(57)53-18-8-10-36(53)34-20-29(23-48-34)27-12-14-28(15-13-27)30-16-17-31(40-33-21-38(41(30)40)52(5)44(33)56)35-24-49-43(50-35)37-11-9-19-54(37)46(58)42(26(3)4)51-47(59)61-7/h12-17,23-26,32-33,36-38,42H,8-11,18-22H2,1-7H3,(H,49,50)(H,51,59)/t32-,33?,36-,37+,38?,42+/m0/s1. The van der Waals surface area contributed by atoms with E-state index in [1.54, 1.807) is 4.90 Å². The van der Waals surface area contributed by atoms with Crippen LogP contribution in [-0.2, 0) is 28.7 Å². The number of hydrogen-bond acceptors (Lipinski definition) is 9. The number of amides is 4. The van der Waals surface area contributed by atoms with E-state index >= 15 is 0 Å². The summed E-state index contributed by atoms with van der Waals surface area (Å²) < 4.78 is 9.70. The van der Waals surface area contributed by atoms with Crippen molar-refractivity contribution in [2.24, 2.45) is 22.7 Å². The second-order valence-corrected chi connectivity index (χ2v) is 17.8. The number of benzene rings is 2. The molecule has 0 radical (unpaired) electrons. The Morgan fingerprint density at radius 2 is 1.51 bits per heavy atom. The highest BCUT2D eigenvalue weighted by molar-refractivity contribution is 6.04. The number of hydrogen-bond donors (Lipinski definition) is 2. The number of fused-ring (bicyclic) bond motifs is 5. The number of imidazole rings is 1. The van der Waals surface area contributed by atoms with E-state index < -0.39 is 18.1 Å². The molecule has 5 heterocycles. The van der Waals surface area contributed by atoms with Crippen LogP contribution in [0.3, 0.4) is 0 Å². The van der Waals surface area contributed by atoms with Crippen molar-refractivity contribution in [1.82, 2.24) is 30.0 Å². The number of nitrogens with one attached hydrogen (secondary N) is 2. The number of aliphatic imine (C=N–C) groups is 1. The highest BCUT2D eigenvalue weighted by Gasteiger charge is 2.50. The molecule has 14 heteroatoms. The Labute approximate surface area is 357 Å². The van der Waals surface area contributed by atoms with Crippen LogP contribution in [0.1, 0.15) is 113 Å². The SMILES string of the molecule is COC(=O)C[C@H](C(=O)N1CCC[C@H]1C1=NC=C(c2ccc(-c3ccc(-c4cnc([C@H]5CCCN5C(=O)[C@H](NC(=O)OC)C(C)C)[nH]4)c4c3C3CC4C(=O)N3C)cc2)C1)C(C)C. The second kappa shape index (κ2) is 16.9. The first-order valence-corrected chi connectivity index (χ1v) is 21.7. The summed E-state index contributed by atoms with van der Waals surface area (Å²) in [5.74, 6) is -0.568. The first kappa shape index (κ1) is 41.9. The van der Waals surface area contributed by atoms with Crippen LogP contribution in [0.5, 0.6) is 0 Å². The van der Waals surface area contributed by atoms with Gasteiger partial charge in [0.05, 0.1) is 62.5 Å². The third-order valence-electron chi connectivity index (χ3n) is 13.7. The Hall–Kier alpha value is -5.79. The van der Waals surface area contributed by atoms with Gasteiger partial charge in [0.1, 0.15) is 11.9 Å². The maximum Gasteiger partial charge on any atom is 0.407 e. The fourth-order valence-electron chi connectivity index (χ4n) is 10.3. The molecule has 2 N–H and O–H groups in total. The van der Waals surface area contributed by atoms with Crippen molar-refractivity contribution in [2.75, 3.05) is 34.4 Å². The number of likely N-dealkylation sites (N-methyl/N-ethyl adjacent to an activating group) is 1. The molecule has 4 aliphatic heterocycles. The third kappa shape index (κ3) is 7.63. The van der Waals surface area contributed by atoms with Crippen molar-refractivity contribution in [2.45, 2.75) is 103 Å². The number of aromatic amines is 1. The minimum Gasteiger partial charge on any atom is -0.469 e. The number of allylic oxidation sites excluding steroid dienone is 1. The van der Waals surface area contributed by atoms with E-state index in [2.05, 4.69) is 46.7 Å². The molecule has 8 rings (SSSR count). The maximum atomic E-state index is 13.8. The first-order valence-electron chi connectivity index (χ1n) is 21.7. The van der Waals surface area contributed by atoms with Gasteiger partial charge in [-0.25, -0.2) is 9.78 Å². The van der Waals surface area contributed by atoms with Crippen LogP contribution in [-0.4, -0.2) is 107 Å². The molecule has 3 aromatic rings. The minimum atomic E-state index is -0.726. The lowest BCUT2D eigenvalue weighted by molar-refractivity contribution is -0.148. The molecule has 3 saturated heterocycles. The van der Waals surface area contributed by atoms with Crippen LogP contribution in [0.2, 0.25) is 0 Å². The zero-order valence-electron chi connectivity index (χ0n) is 36.2. The summed E-state index contributed by atoms with van der Waals surface area (Å²) in [6.07, 6.45) is 7.83. The van der Waals surface area contributed by atoms with Crippen molar-refractivity contribution in [3.8, 4) is 22.4 Å². The van der Waals surface area contributed by atoms with Gasteiger partial charge in [0.2, 0.25) is 17.7 Å². The Kier molecular flexibility index (Phi) is 11.6. The van der Waals surface area contributed by atoms with Crippen molar-refractivity contribution in [3.05, 3.63) is 71.3 Å². The quantitative estimate of drug-likeness (QED) is 0.188. The Morgan fingerprint density at radius 1 is 0.836 bits per heavy atom. The van der Waals surface area contributed by atoms with Crippen LogP contribution in [0.25, 0.3) is 28.0 Å². The summed E-state index contributed by atoms with van der Waals surface area (Å²) in [6.45, 7) is 8.95. The number of methoxy groups -OCH3 is 2. The van der Waals surface area contributed by atoms with Gasteiger partial charge in [0.25, 0.3) is 0 Å². The minimum absolute atomic E-state index is 0.00504. The third-order valence-corrected chi connectivity index (χ3v) is 13.7. The molecule has 4 amide bonds. The molecular formula is C47H57N7O7. The topological polar surface area (TPSA) is 167 Å². The molecule has 14 nitrogen and oxygen atoms in total. The smallest absolute Gasteiger partial charge is 0.407 e. The van der Waals surface area contributed by atoms with Gasteiger partial charge in [0, 0.05) is 44.0 Å². The van der Waals surface area contributed by atoms with Gasteiger partial charge >= 0.3 is 12.1 Å². The van der Waals surface area contributed by atoms with Crippen molar-refractivity contribution >= 4 is 41.1 Å². The number of carbonyl (C=O) groups is 5. The van der Waals surface area contributed by atoms with Crippen LogP contribution >= 0.6 is 0 Å².